The van der Waals surface area contributed by atoms with Crippen molar-refractivity contribution in [1.82, 2.24) is 9.55 Å². The van der Waals surface area contributed by atoms with Gasteiger partial charge in [0.2, 0.25) is 0 Å². The third kappa shape index (κ3) is 2.86. The summed E-state index contributed by atoms with van der Waals surface area (Å²) in [6, 6.07) is 5.10. The predicted molar refractivity (Wildman–Crippen MR) is 82.3 cm³/mol. The second kappa shape index (κ2) is 6.48. The van der Waals surface area contributed by atoms with Gasteiger partial charge in [-0.2, -0.15) is 0 Å². The summed E-state index contributed by atoms with van der Waals surface area (Å²) in [6.07, 6.45) is 7.72. The Hall–Kier alpha value is -1.88. The summed E-state index contributed by atoms with van der Waals surface area (Å²) < 4.78 is 21.4. The minimum Gasteiger partial charge on any atom is -0.497 e. The average Bonchev–Trinajstić information content (AvgIpc) is 3.04. The molecule has 0 spiro atoms. The summed E-state index contributed by atoms with van der Waals surface area (Å²) in [6.45, 7) is 0.220. The van der Waals surface area contributed by atoms with Crippen LogP contribution in [0, 0.1) is 11.7 Å². The number of aromatic nitrogens is 2. The Balaban J connectivity index is 1.92. The molecule has 1 aliphatic rings. The summed E-state index contributed by atoms with van der Waals surface area (Å²) in [7, 11) is 1.52. The molecule has 3 rings (SSSR count). The highest BCUT2D eigenvalue weighted by atomic mass is 19.1. The summed E-state index contributed by atoms with van der Waals surface area (Å²) in [5.41, 5.74) is 0.483. The molecule has 1 aliphatic carbocycles. The predicted octanol–water partition coefficient (Wildman–Crippen LogP) is 3.42. The number of aliphatic hydroxyl groups is 1. The van der Waals surface area contributed by atoms with E-state index in [1.807, 2.05) is 10.8 Å². The first-order valence-electron chi connectivity index (χ1n) is 7.70. The molecule has 1 aromatic carbocycles. The molecule has 5 heteroatoms. The van der Waals surface area contributed by atoms with Crippen LogP contribution in [0.1, 0.15) is 31.7 Å². The van der Waals surface area contributed by atoms with E-state index in [0.29, 0.717) is 23.1 Å². The number of aliphatic hydroxyl groups excluding tert-OH is 1. The normalized spacial score (nSPS) is 21.8. The Morgan fingerprint density at radius 1 is 1.41 bits per heavy atom. The van der Waals surface area contributed by atoms with Gasteiger partial charge in [-0.1, -0.05) is 6.42 Å². The number of hydrogen-bond acceptors (Lipinski definition) is 3. The number of nitrogens with zero attached hydrogens (tertiary/aromatic N) is 2. The van der Waals surface area contributed by atoms with Crippen molar-refractivity contribution in [3.05, 3.63) is 36.4 Å². The van der Waals surface area contributed by atoms with Gasteiger partial charge < -0.3 is 14.4 Å². The van der Waals surface area contributed by atoms with Crippen molar-refractivity contribution in [1.29, 1.82) is 0 Å². The number of halogens is 1. The maximum atomic E-state index is 14.3. The molecule has 22 heavy (non-hydrogen) atoms. The topological polar surface area (TPSA) is 47.3 Å². The fraction of sp³-hybridized carbons (Fsp3) is 0.471. The molecule has 1 aromatic heterocycles. The van der Waals surface area contributed by atoms with E-state index in [9.17, 15) is 9.50 Å². The lowest BCUT2D eigenvalue weighted by Gasteiger charge is -2.30. The molecule has 1 saturated carbocycles. The molecule has 2 aromatic rings. The lowest BCUT2D eigenvalue weighted by molar-refractivity contribution is 0.163. The zero-order valence-corrected chi connectivity index (χ0v) is 12.7. The van der Waals surface area contributed by atoms with Crippen LogP contribution < -0.4 is 4.74 Å². The van der Waals surface area contributed by atoms with Crippen LogP contribution in [-0.4, -0.2) is 28.4 Å². The van der Waals surface area contributed by atoms with Crippen LogP contribution in [0.25, 0.3) is 11.4 Å². The third-order valence-corrected chi connectivity index (χ3v) is 4.49. The van der Waals surface area contributed by atoms with Gasteiger partial charge in [0.05, 0.1) is 12.7 Å². The van der Waals surface area contributed by atoms with Gasteiger partial charge in [-0.25, -0.2) is 9.37 Å². The van der Waals surface area contributed by atoms with E-state index < -0.39 is 0 Å². The van der Waals surface area contributed by atoms with Gasteiger partial charge in [0, 0.05) is 31.1 Å². The van der Waals surface area contributed by atoms with E-state index in [1.165, 1.54) is 13.2 Å². The largest absolute Gasteiger partial charge is 0.497 e. The second-order valence-electron chi connectivity index (χ2n) is 5.87. The Kier molecular flexibility index (Phi) is 4.43. The lowest BCUT2D eigenvalue weighted by Crippen LogP contribution is -2.21. The second-order valence-corrected chi connectivity index (χ2v) is 5.87. The van der Waals surface area contributed by atoms with Crippen LogP contribution >= 0.6 is 0 Å². The van der Waals surface area contributed by atoms with Gasteiger partial charge >= 0.3 is 0 Å². The first-order chi connectivity index (χ1) is 10.7. The molecule has 1 heterocycles. The number of imidazole rings is 1. The highest BCUT2D eigenvalue weighted by molar-refractivity contribution is 5.58. The summed E-state index contributed by atoms with van der Waals surface area (Å²) in [5.74, 6) is 1.14. The van der Waals surface area contributed by atoms with E-state index >= 15 is 0 Å². The molecule has 4 nitrogen and oxygen atoms in total. The number of hydrogen-bond donors (Lipinski definition) is 1. The lowest BCUT2D eigenvalue weighted by atomic mass is 9.86. The molecule has 0 aliphatic heterocycles. The summed E-state index contributed by atoms with van der Waals surface area (Å²) >= 11 is 0. The molecule has 0 saturated heterocycles. The van der Waals surface area contributed by atoms with Crippen molar-refractivity contribution in [3.8, 4) is 17.1 Å². The van der Waals surface area contributed by atoms with E-state index in [1.54, 1.807) is 18.3 Å². The van der Waals surface area contributed by atoms with Crippen LogP contribution in [0.15, 0.2) is 30.6 Å². The Morgan fingerprint density at radius 2 is 2.27 bits per heavy atom. The summed E-state index contributed by atoms with van der Waals surface area (Å²) in [5, 5.41) is 9.40. The molecular formula is C17H21FN2O2. The maximum Gasteiger partial charge on any atom is 0.143 e. The minimum atomic E-state index is -0.332. The molecule has 2 atom stereocenters. The van der Waals surface area contributed by atoms with E-state index in [2.05, 4.69) is 4.98 Å². The van der Waals surface area contributed by atoms with Gasteiger partial charge in [0.25, 0.3) is 0 Å². The number of methoxy groups -OCH3 is 1. The number of rotatable bonds is 4. The van der Waals surface area contributed by atoms with Gasteiger partial charge in [0.1, 0.15) is 17.4 Å². The average molecular weight is 304 g/mol. The smallest absolute Gasteiger partial charge is 0.143 e. The molecule has 118 valence electrons. The summed E-state index contributed by atoms with van der Waals surface area (Å²) in [4.78, 5) is 4.35. The van der Waals surface area contributed by atoms with Crippen molar-refractivity contribution in [2.45, 2.75) is 31.7 Å². The van der Waals surface area contributed by atoms with Crippen LogP contribution in [0.2, 0.25) is 0 Å². The first-order valence-corrected chi connectivity index (χ1v) is 7.70. The molecule has 0 bridgehead atoms. The maximum absolute atomic E-state index is 14.3. The zero-order chi connectivity index (χ0) is 15.5. The number of benzene rings is 1. The van der Waals surface area contributed by atoms with Crippen LogP contribution in [0.5, 0.6) is 5.75 Å². The molecule has 1 fully saturated rings. The van der Waals surface area contributed by atoms with Gasteiger partial charge in [-0.15, -0.1) is 0 Å². The Bertz CT molecular complexity index is 641. The third-order valence-electron chi connectivity index (χ3n) is 4.49. The highest BCUT2D eigenvalue weighted by Crippen LogP contribution is 2.35. The molecule has 0 amide bonds. The van der Waals surface area contributed by atoms with Crippen LogP contribution in [0.4, 0.5) is 4.39 Å². The van der Waals surface area contributed by atoms with Crippen molar-refractivity contribution >= 4 is 0 Å². The van der Waals surface area contributed by atoms with Crippen LogP contribution in [-0.2, 0) is 0 Å². The fourth-order valence-corrected chi connectivity index (χ4v) is 3.30. The van der Waals surface area contributed by atoms with Crippen molar-refractivity contribution < 1.29 is 14.2 Å². The van der Waals surface area contributed by atoms with Gasteiger partial charge in [-0.3, -0.25) is 0 Å². The first kappa shape index (κ1) is 15.0. The van der Waals surface area contributed by atoms with Crippen LogP contribution in [0.3, 0.4) is 0 Å². The quantitative estimate of drug-likeness (QED) is 0.941. The van der Waals surface area contributed by atoms with Crippen molar-refractivity contribution in [2.24, 2.45) is 5.92 Å². The van der Waals surface area contributed by atoms with Crippen molar-refractivity contribution in [2.75, 3.05) is 13.7 Å². The monoisotopic (exact) mass is 304 g/mol. The highest BCUT2D eigenvalue weighted by Gasteiger charge is 2.25. The molecule has 0 unspecified atom stereocenters. The SMILES string of the molecule is COc1ccc(-c2nccn2[C@@H]2CCC[C@@H](CO)C2)c(F)c1. The Labute approximate surface area is 129 Å². The molecular weight excluding hydrogens is 283 g/mol. The van der Waals surface area contributed by atoms with E-state index in [0.717, 1.165) is 25.7 Å². The standard InChI is InChI=1S/C17H21FN2O2/c1-22-14-5-6-15(16(18)10-14)17-19-7-8-20(17)13-4-2-3-12(9-13)11-21/h5-8,10,12-13,21H,2-4,9,11H2,1H3/t12-,13-/m1/s1. The van der Waals surface area contributed by atoms with Crippen molar-refractivity contribution in [3.63, 3.8) is 0 Å². The fourth-order valence-electron chi connectivity index (χ4n) is 3.30. The Morgan fingerprint density at radius 3 is 3.00 bits per heavy atom. The minimum absolute atomic E-state index is 0.220. The van der Waals surface area contributed by atoms with E-state index in [-0.39, 0.29) is 18.5 Å². The van der Waals surface area contributed by atoms with Gasteiger partial charge in [0.15, 0.2) is 0 Å². The zero-order valence-electron chi connectivity index (χ0n) is 12.7. The molecule has 0 radical (unpaired) electrons. The van der Waals surface area contributed by atoms with Gasteiger partial charge in [-0.05, 0) is 37.3 Å². The van der Waals surface area contributed by atoms with E-state index in [4.69, 9.17) is 4.74 Å². The molecule has 1 N–H and O–H groups in total. The number of ether oxygens (including phenoxy) is 1.